The van der Waals surface area contributed by atoms with Crippen LogP contribution >= 0.6 is 0 Å². The number of carboxylic acids is 1. The Balaban J connectivity index is 2.44. The number of pyridine rings is 1. The number of aryl methyl sites for hydroxylation is 2. The fourth-order valence-corrected chi connectivity index (χ4v) is 1.93. The number of rotatable bonds is 4. The number of carboxylic acid groups (broad SMARTS) is 1. The molecule has 0 saturated heterocycles. The van der Waals surface area contributed by atoms with Gasteiger partial charge in [-0.3, -0.25) is 4.98 Å². The maximum absolute atomic E-state index is 11.3. The van der Waals surface area contributed by atoms with E-state index in [4.69, 9.17) is 9.47 Å². The first-order valence-corrected chi connectivity index (χ1v) is 6.04. The molecule has 5 heteroatoms. The van der Waals surface area contributed by atoms with E-state index in [1.165, 1.54) is 0 Å². The molecule has 0 saturated carbocycles. The van der Waals surface area contributed by atoms with Gasteiger partial charge in [-0.1, -0.05) is 6.07 Å². The van der Waals surface area contributed by atoms with Crippen LogP contribution in [-0.4, -0.2) is 23.2 Å². The Kier molecular flexibility index (Phi) is 3.89. The molecule has 0 aliphatic rings. The number of carbonyl (C=O) groups is 1. The summed E-state index contributed by atoms with van der Waals surface area (Å²) in [6.45, 7) is 3.44. The number of methoxy groups -OCH3 is 1. The maximum atomic E-state index is 11.3. The van der Waals surface area contributed by atoms with E-state index in [1.807, 2.05) is 0 Å². The Labute approximate surface area is 116 Å². The van der Waals surface area contributed by atoms with Crippen LogP contribution in [0.3, 0.4) is 0 Å². The van der Waals surface area contributed by atoms with Crippen molar-refractivity contribution >= 4 is 5.97 Å². The average Bonchev–Trinajstić information content (AvgIpc) is 2.37. The standard InChI is InChI=1S/C15H15NO4/c1-9-7-13(14(15(17)18)10(2)16-9)20-12-6-4-5-11(8-12)19-3/h4-8H,1-3H3,(H,17,18). The van der Waals surface area contributed by atoms with Crippen LogP contribution in [-0.2, 0) is 0 Å². The van der Waals surface area contributed by atoms with Crippen molar-refractivity contribution in [1.82, 2.24) is 4.98 Å². The Morgan fingerprint density at radius 3 is 2.55 bits per heavy atom. The smallest absolute Gasteiger partial charge is 0.341 e. The first-order chi connectivity index (χ1) is 9.51. The number of aromatic carboxylic acids is 1. The topological polar surface area (TPSA) is 68.7 Å². The third-order valence-electron chi connectivity index (χ3n) is 2.78. The predicted octanol–water partition coefficient (Wildman–Crippen LogP) is 3.20. The number of aromatic nitrogens is 1. The molecule has 1 heterocycles. The van der Waals surface area contributed by atoms with E-state index in [-0.39, 0.29) is 11.3 Å². The number of nitrogens with zero attached hydrogens (tertiary/aromatic N) is 1. The highest BCUT2D eigenvalue weighted by Crippen LogP contribution is 2.29. The summed E-state index contributed by atoms with van der Waals surface area (Å²) in [7, 11) is 1.56. The molecule has 104 valence electrons. The minimum atomic E-state index is -1.06. The third kappa shape index (κ3) is 2.88. The molecule has 0 radical (unpaired) electrons. The van der Waals surface area contributed by atoms with E-state index in [1.54, 1.807) is 51.3 Å². The maximum Gasteiger partial charge on any atom is 0.341 e. The second kappa shape index (κ2) is 5.61. The van der Waals surface area contributed by atoms with Crippen molar-refractivity contribution in [3.63, 3.8) is 0 Å². The molecule has 5 nitrogen and oxygen atoms in total. The van der Waals surface area contributed by atoms with Crippen LogP contribution in [0.2, 0.25) is 0 Å². The lowest BCUT2D eigenvalue weighted by Crippen LogP contribution is -2.06. The van der Waals surface area contributed by atoms with Gasteiger partial charge in [-0.25, -0.2) is 4.79 Å². The molecule has 2 aromatic rings. The molecule has 0 amide bonds. The van der Waals surface area contributed by atoms with Gasteiger partial charge in [0.25, 0.3) is 0 Å². The minimum absolute atomic E-state index is 0.0680. The normalized spacial score (nSPS) is 10.2. The van der Waals surface area contributed by atoms with E-state index in [0.717, 1.165) is 0 Å². The van der Waals surface area contributed by atoms with Crippen molar-refractivity contribution in [2.45, 2.75) is 13.8 Å². The van der Waals surface area contributed by atoms with Crippen LogP contribution in [0.25, 0.3) is 0 Å². The molecule has 0 aliphatic carbocycles. The van der Waals surface area contributed by atoms with Crippen LogP contribution in [0.1, 0.15) is 21.7 Å². The number of hydrogen-bond donors (Lipinski definition) is 1. The molecule has 1 aromatic heterocycles. The van der Waals surface area contributed by atoms with Gasteiger partial charge in [0.1, 0.15) is 22.8 Å². The summed E-state index contributed by atoms with van der Waals surface area (Å²) in [5, 5.41) is 9.27. The van der Waals surface area contributed by atoms with Crippen LogP contribution in [0, 0.1) is 13.8 Å². The third-order valence-corrected chi connectivity index (χ3v) is 2.78. The predicted molar refractivity (Wildman–Crippen MR) is 73.7 cm³/mol. The summed E-state index contributed by atoms with van der Waals surface area (Å²) in [5.74, 6) is 0.363. The van der Waals surface area contributed by atoms with Crippen molar-refractivity contribution < 1.29 is 19.4 Å². The lowest BCUT2D eigenvalue weighted by Gasteiger charge is -2.12. The second-order valence-electron chi connectivity index (χ2n) is 4.31. The van der Waals surface area contributed by atoms with E-state index in [0.29, 0.717) is 22.9 Å². The molecule has 2 rings (SSSR count). The fraction of sp³-hybridized carbons (Fsp3) is 0.200. The quantitative estimate of drug-likeness (QED) is 0.926. The van der Waals surface area contributed by atoms with Crippen LogP contribution in [0.15, 0.2) is 30.3 Å². The van der Waals surface area contributed by atoms with Crippen LogP contribution in [0.4, 0.5) is 0 Å². The monoisotopic (exact) mass is 273 g/mol. The number of hydrogen-bond acceptors (Lipinski definition) is 4. The molecule has 0 bridgehead atoms. The van der Waals surface area contributed by atoms with Gasteiger partial charge in [0.2, 0.25) is 0 Å². The molecule has 0 aliphatic heterocycles. The molecule has 20 heavy (non-hydrogen) atoms. The van der Waals surface area contributed by atoms with Crippen LogP contribution < -0.4 is 9.47 Å². The largest absolute Gasteiger partial charge is 0.497 e. The minimum Gasteiger partial charge on any atom is -0.497 e. The molecule has 1 aromatic carbocycles. The number of ether oxygens (including phenoxy) is 2. The summed E-state index contributed by atoms with van der Waals surface area (Å²) in [6.07, 6.45) is 0. The lowest BCUT2D eigenvalue weighted by atomic mass is 10.1. The molecule has 0 unspecified atom stereocenters. The van der Waals surface area contributed by atoms with Gasteiger partial charge in [-0.15, -0.1) is 0 Å². The Hall–Kier alpha value is -2.56. The first kappa shape index (κ1) is 13.9. The van der Waals surface area contributed by atoms with Gasteiger partial charge in [0, 0.05) is 17.8 Å². The first-order valence-electron chi connectivity index (χ1n) is 6.04. The van der Waals surface area contributed by atoms with Crippen molar-refractivity contribution in [2.24, 2.45) is 0 Å². The molecular formula is C15H15NO4. The second-order valence-corrected chi connectivity index (χ2v) is 4.31. The highest BCUT2D eigenvalue weighted by Gasteiger charge is 2.17. The van der Waals surface area contributed by atoms with Crippen LogP contribution in [0.5, 0.6) is 17.2 Å². The highest BCUT2D eigenvalue weighted by molar-refractivity contribution is 5.92. The Morgan fingerprint density at radius 1 is 1.20 bits per heavy atom. The summed E-state index contributed by atoms with van der Waals surface area (Å²) in [6, 6.07) is 8.59. The fourth-order valence-electron chi connectivity index (χ4n) is 1.93. The van der Waals surface area contributed by atoms with Crippen molar-refractivity contribution in [3.8, 4) is 17.2 Å². The molecular weight excluding hydrogens is 258 g/mol. The van der Waals surface area contributed by atoms with Gasteiger partial charge in [-0.05, 0) is 26.0 Å². The molecule has 0 fully saturated rings. The van der Waals surface area contributed by atoms with E-state index < -0.39 is 5.97 Å². The van der Waals surface area contributed by atoms with Crippen molar-refractivity contribution in [1.29, 1.82) is 0 Å². The zero-order chi connectivity index (χ0) is 14.7. The summed E-state index contributed by atoms with van der Waals surface area (Å²) in [4.78, 5) is 15.5. The summed E-state index contributed by atoms with van der Waals surface area (Å²) < 4.78 is 10.8. The Bertz CT molecular complexity index is 652. The van der Waals surface area contributed by atoms with Crippen molar-refractivity contribution in [2.75, 3.05) is 7.11 Å². The zero-order valence-electron chi connectivity index (χ0n) is 11.5. The molecule has 1 N–H and O–H groups in total. The summed E-state index contributed by atoms with van der Waals surface area (Å²) in [5.41, 5.74) is 1.19. The van der Waals surface area contributed by atoms with Gasteiger partial charge in [0.15, 0.2) is 0 Å². The van der Waals surface area contributed by atoms with Gasteiger partial charge in [-0.2, -0.15) is 0 Å². The van der Waals surface area contributed by atoms with E-state index >= 15 is 0 Å². The SMILES string of the molecule is COc1cccc(Oc2cc(C)nc(C)c2C(=O)O)c1. The zero-order valence-corrected chi connectivity index (χ0v) is 11.5. The average molecular weight is 273 g/mol. The molecule has 0 atom stereocenters. The van der Waals surface area contributed by atoms with Gasteiger partial charge < -0.3 is 14.6 Å². The van der Waals surface area contributed by atoms with Crippen molar-refractivity contribution in [3.05, 3.63) is 47.3 Å². The van der Waals surface area contributed by atoms with Gasteiger partial charge >= 0.3 is 5.97 Å². The van der Waals surface area contributed by atoms with E-state index in [2.05, 4.69) is 4.98 Å². The highest BCUT2D eigenvalue weighted by atomic mass is 16.5. The van der Waals surface area contributed by atoms with E-state index in [9.17, 15) is 9.90 Å². The summed E-state index contributed by atoms with van der Waals surface area (Å²) >= 11 is 0. The number of benzene rings is 1. The van der Waals surface area contributed by atoms with Gasteiger partial charge in [0.05, 0.1) is 12.8 Å². The molecule has 0 spiro atoms. The lowest BCUT2D eigenvalue weighted by molar-refractivity contribution is 0.0693. The Morgan fingerprint density at radius 2 is 1.90 bits per heavy atom.